The van der Waals surface area contributed by atoms with Crippen molar-refractivity contribution in [2.45, 2.75) is 6.10 Å². The second-order valence-corrected chi connectivity index (χ2v) is 6.53. The molecule has 1 amide bonds. The van der Waals surface area contributed by atoms with Crippen molar-refractivity contribution in [3.05, 3.63) is 24.0 Å². The number of rotatable bonds is 11. The first-order valence-electron chi connectivity index (χ1n) is 9.17. The summed E-state index contributed by atoms with van der Waals surface area (Å²) in [6.45, 7) is 1.16. The van der Waals surface area contributed by atoms with Crippen molar-refractivity contribution in [1.29, 1.82) is 10.8 Å². The first kappa shape index (κ1) is 22.5. The van der Waals surface area contributed by atoms with Crippen LogP contribution < -0.4 is 15.1 Å². The largest absolute Gasteiger partial charge is 0.441 e. The van der Waals surface area contributed by atoms with Crippen LogP contribution >= 0.6 is 0 Å². The van der Waals surface area contributed by atoms with E-state index in [1.807, 2.05) is 0 Å². The van der Waals surface area contributed by atoms with E-state index in [1.54, 1.807) is 18.0 Å². The molecule has 0 bridgehead atoms. The zero-order chi connectivity index (χ0) is 21.4. The van der Waals surface area contributed by atoms with Crippen molar-refractivity contribution >= 4 is 29.6 Å². The topological polar surface area (TPSA) is 136 Å². The fourth-order valence-corrected chi connectivity index (χ4v) is 2.80. The van der Waals surface area contributed by atoms with E-state index in [4.69, 9.17) is 25.8 Å². The van der Waals surface area contributed by atoms with Crippen LogP contribution in [0, 0.1) is 16.6 Å². The average molecular weight is 410 g/mol. The van der Waals surface area contributed by atoms with Gasteiger partial charge >= 0.3 is 6.09 Å². The van der Waals surface area contributed by atoms with Crippen molar-refractivity contribution in [3.8, 4) is 0 Å². The molecule has 1 atom stereocenters. The lowest BCUT2D eigenvalue weighted by molar-refractivity contribution is 0.0963. The van der Waals surface area contributed by atoms with Gasteiger partial charge < -0.3 is 30.1 Å². The number of amides is 1. The molecule has 0 unspecified atom stereocenters. The molecule has 1 saturated heterocycles. The first-order chi connectivity index (χ1) is 13.9. The van der Waals surface area contributed by atoms with Gasteiger partial charge in [-0.25, -0.2) is 9.18 Å². The standard InChI is InChI=1S/C18H27FN6O4/c1-23(6-7-26)17(21)9-22-4-5-24(12-20)16-3-2-13(8-15(16)19)25-10-14(11-27)29-18(25)28/h2-3,8,12,14,20-22,26-27H,4-7,9-11H2,1H3/t14-/m1/s1. The molecule has 0 saturated carbocycles. The smallest absolute Gasteiger partial charge is 0.414 e. The molecule has 1 fully saturated rings. The van der Waals surface area contributed by atoms with E-state index in [2.05, 4.69) is 5.32 Å². The third-order valence-corrected chi connectivity index (χ3v) is 4.50. The summed E-state index contributed by atoms with van der Waals surface area (Å²) in [7, 11) is 1.71. The molecule has 11 heteroatoms. The van der Waals surface area contributed by atoms with Gasteiger partial charge in [0.05, 0.1) is 44.0 Å². The van der Waals surface area contributed by atoms with E-state index in [1.165, 1.54) is 21.9 Å². The minimum Gasteiger partial charge on any atom is -0.441 e. The molecule has 10 nitrogen and oxygen atoms in total. The van der Waals surface area contributed by atoms with E-state index < -0.39 is 18.0 Å². The summed E-state index contributed by atoms with van der Waals surface area (Å²) < 4.78 is 19.6. The van der Waals surface area contributed by atoms with E-state index in [0.29, 0.717) is 31.2 Å². The predicted molar refractivity (Wildman–Crippen MR) is 108 cm³/mol. The zero-order valence-electron chi connectivity index (χ0n) is 16.3. The summed E-state index contributed by atoms with van der Waals surface area (Å²) in [6, 6.07) is 4.23. The second-order valence-electron chi connectivity index (χ2n) is 6.53. The Bertz CT molecular complexity index is 734. The normalized spacial score (nSPS) is 15.9. The second kappa shape index (κ2) is 10.7. The van der Waals surface area contributed by atoms with Gasteiger partial charge in [-0.05, 0) is 18.2 Å². The maximum atomic E-state index is 14.6. The van der Waals surface area contributed by atoms with Crippen molar-refractivity contribution in [2.75, 3.05) is 62.8 Å². The number of anilines is 2. The molecule has 0 spiro atoms. The number of aliphatic hydroxyl groups is 2. The van der Waals surface area contributed by atoms with E-state index in [-0.39, 0.29) is 32.0 Å². The van der Waals surface area contributed by atoms with Gasteiger partial charge in [-0.2, -0.15) is 0 Å². The molecule has 1 aromatic rings. The summed E-state index contributed by atoms with van der Waals surface area (Å²) in [4.78, 5) is 16.1. The highest BCUT2D eigenvalue weighted by Gasteiger charge is 2.32. The molecule has 1 aliphatic heterocycles. The van der Waals surface area contributed by atoms with Crippen LogP contribution in [-0.2, 0) is 4.74 Å². The monoisotopic (exact) mass is 410 g/mol. The van der Waals surface area contributed by atoms with Crippen molar-refractivity contribution in [1.82, 2.24) is 10.2 Å². The molecule has 1 heterocycles. The van der Waals surface area contributed by atoms with Gasteiger partial charge in [0, 0.05) is 26.7 Å². The van der Waals surface area contributed by atoms with Crippen molar-refractivity contribution in [3.63, 3.8) is 0 Å². The quantitative estimate of drug-likeness (QED) is 0.197. The number of carbonyl (C=O) groups excluding carboxylic acids is 1. The minimum atomic E-state index is -0.641. The van der Waals surface area contributed by atoms with Crippen LogP contribution in [0.5, 0.6) is 0 Å². The fourth-order valence-electron chi connectivity index (χ4n) is 2.80. The van der Waals surface area contributed by atoms with Gasteiger partial charge in [0.2, 0.25) is 0 Å². The highest BCUT2D eigenvalue weighted by molar-refractivity contribution is 5.90. The number of aliphatic hydroxyl groups excluding tert-OH is 2. The first-order valence-corrected chi connectivity index (χ1v) is 9.17. The van der Waals surface area contributed by atoms with Crippen LogP contribution in [0.3, 0.4) is 0 Å². The number of ether oxygens (including phenoxy) is 1. The molecule has 0 aromatic heterocycles. The highest BCUT2D eigenvalue weighted by Crippen LogP contribution is 2.27. The Morgan fingerprint density at radius 3 is 2.79 bits per heavy atom. The van der Waals surface area contributed by atoms with Crippen LogP contribution in [0.2, 0.25) is 0 Å². The lowest BCUT2D eigenvalue weighted by Crippen LogP contribution is -2.39. The fraction of sp³-hybridized carbons (Fsp3) is 0.500. The Balaban J connectivity index is 1.93. The Morgan fingerprint density at radius 2 is 2.21 bits per heavy atom. The Hall–Kier alpha value is -2.76. The number of nitrogens with zero attached hydrogens (tertiary/aromatic N) is 3. The number of carbonyl (C=O) groups is 1. The SMILES string of the molecule is CN(CCO)C(=N)CNCCN(C=N)c1ccc(N2C[C@H](CO)OC2=O)cc1F. The number of benzene rings is 1. The number of hydrogen-bond donors (Lipinski definition) is 5. The zero-order valence-corrected chi connectivity index (χ0v) is 16.3. The van der Waals surface area contributed by atoms with Crippen molar-refractivity contribution < 1.29 is 24.1 Å². The Kier molecular flexibility index (Phi) is 8.31. The molecule has 0 radical (unpaired) electrons. The summed E-state index contributed by atoms with van der Waals surface area (Å²) in [5.41, 5.74) is 0.500. The minimum absolute atomic E-state index is 0.0362. The average Bonchev–Trinajstić information content (AvgIpc) is 3.09. The van der Waals surface area contributed by atoms with Gasteiger partial charge in [-0.3, -0.25) is 15.7 Å². The number of amidine groups is 1. The maximum Gasteiger partial charge on any atom is 0.414 e. The number of likely N-dealkylation sites (N-methyl/N-ethyl adjacent to an activating group) is 1. The molecule has 160 valence electrons. The summed E-state index contributed by atoms with van der Waals surface area (Å²) in [5, 5.41) is 36.4. The highest BCUT2D eigenvalue weighted by atomic mass is 19.1. The third-order valence-electron chi connectivity index (χ3n) is 4.50. The summed E-state index contributed by atoms with van der Waals surface area (Å²) in [6.07, 6.45) is -0.267. The molecular formula is C18H27FN6O4. The number of halogens is 1. The van der Waals surface area contributed by atoms with E-state index >= 15 is 0 Å². The van der Waals surface area contributed by atoms with Crippen LogP contribution in [0.4, 0.5) is 20.6 Å². The maximum absolute atomic E-state index is 14.6. The van der Waals surface area contributed by atoms with Crippen molar-refractivity contribution in [2.24, 2.45) is 0 Å². The van der Waals surface area contributed by atoms with Gasteiger partial charge in [0.15, 0.2) is 0 Å². The predicted octanol–water partition coefficient (Wildman–Crippen LogP) is 0.0476. The molecular weight excluding hydrogens is 383 g/mol. The summed E-state index contributed by atoms with van der Waals surface area (Å²) >= 11 is 0. The Labute approximate surface area is 168 Å². The van der Waals surface area contributed by atoms with Crippen LogP contribution in [0.15, 0.2) is 18.2 Å². The molecule has 1 aliphatic rings. The van der Waals surface area contributed by atoms with Crippen LogP contribution in [-0.4, -0.2) is 92.5 Å². The summed E-state index contributed by atoms with van der Waals surface area (Å²) in [5.74, 6) is -0.281. The van der Waals surface area contributed by atoms with Gasteiger partial charge in [-0.15, -0.1) is 0 Å². The molecule has 29 heavy (non-hydrogen) atoms. The molecule has 0 aliphatic carbocycles. The van der Waals surface area contributed by atoms with Gasteiger partial charge in [0.25, 0.3) is 0 Å². The lowest BCUT2D eigenvalue weighted by Gasteiger charge is -2.22. The Morgan fingerprint density at radius 1 is 1.45 bits per heavy atom. The molecule has 2 rings (SSSR count). The third kappa shape index (κ3) is 5.86. The van der Waals surface area contributed by atoms with Crippen LogP contribution in [0.25, 0.3) is 0 Å². The van der Waals surface area contributed by atoms with E-state index in [0.717, 1.165) is 6.34 Å². The van der Waals surface area contributed by atoms with Gasteiger partial charge in [0.1, 0.15) is 17.8 Å². The van der Waals surface area contributed by atoms with E-state index in [9.17, 15) is 9.18 Å². The number of nitrogens with one attached hydrogen (secondary N) is 3. The molecule has 5 N–H and O–H groups in total. The number of hydrogen-bond acceptors (Lipinski definition) is 7. The lowest BCUT2D eigenvalue weighted by atomic mass is 10.2. The number of cyclic esters (lactones) is 1. The molecule has 1 aromatic carbocycles. The van der Waals surface area contributed by atoms with Crippen LogP contribution in [0.1, 0.15) is 0 Å². The van der Waals surface area contributed by atoms with Gasteiger partial charge in [-0.1, -0.05) is 0 Å².